The van der Waals surface area contributed by atoms with E-state index < -0.39 is 58.0 Å². The van der Waals surface area contributed by atoms with Gasteiger partial charge in [0, 0.05) is 37.8 Å². The Morgan fingerprint density at radius 2 is 1.77 bits per heavy atom. The van der Waals surface area contributed by atoms with Gasteiger partial charge in [-0.25, -0.2) is 0 Å². The van der Waals surface area contributed by atoms with Crippen molar-refractivity contribution in [3.8, 4) is 5.75 Å². The zero-order valence-electron chi connectivity index (χ0n) is 25.4. The summed E-state index contributed by atoms with van der Waals surface area (Å²) >= 11 is 0. The number of ketones is 2. The van der Waals surface area contributed by atoms with E-state index in [0.717, 1.165) is 30.1 Å². The van der Waals surface area contributed by atoms with Crippen molar-refractivity contribution < 1.29 is 34.8 Å². The van der Waals surface area contributed by atoms with Crippen LogP contribution in [-0.2, 0) is 27.3 Å². The highest BCUT2D eigenvalue weighted by molar-refractivity contribution is 6.24. The van der Waals surface area contributed by atoms with Gasteiger partial charge in [0.2, 0.25) is 5.78 Å². The summed E-state index contributed by atoms with van der Waals surface area (Å²) in [5, 5.41) is 49.0. The van der Waals surface area contributed by atoms with Gasteiger partial charge in [0.25, 0.3) is 5.91 Å². The second-order valence-corrected chi connectivity index (χ2v) is 13.1. The lowest BCUT2D eigenvalue weighted by atomic mass is 9.57. The van der Waals surface area contributed by atoms with E-state index in [1.165, 1.54) is 37.0 Å². The van der Waals surface area contributed by atoms with Crippen LogP contribution in [0.1, 0.15) is 61.6 Å². The molecule has 0 radical (unpaired) electrons. The lowest BCUT2D eigenvalue weighted by molar-refractivity contribution is -0.153. The van der Waals surface area contributed by atoms with Gasteiger partial charge in [0.1, 0.15) is 22.8 Å². The number of nitrogens with two attached hydrogens (primary N) is 1. The summed E-state index contributed by atoms with van der Waals surface area (Å²) in [5.74, 6) is -5.77. The average molecular weight is 597 g/mol. The number of anilines is 1. The fourth-order valence-corrected chi connectivity index (χ4v) is 8.06. The molecule has 0 saturated heterocycles. The predicted octanol–water partition coefficient (Wildman–Crippen LogP) is 2.09. The van der Waals surface area contributed by atoms with Crippen molar-refractivity contribution >= 4 is 28.9 Å². The van der Waals surface area contributed by atoms with Crippen LogP contribution in [0.25, 0.3) is 5.76 Å². The number of carbonyl (C=O) groups is 3. The zero-order valence-corrected chi connectivity index (χ0v) is 25.4. The molecular weight excluding hydrogens is 552 g/mol. The molecule has 7 N–H and O–H groups in total. The second-order valence-electron chi connectivity index (χ2n) is 13.1. The number of rotatable bonds is 8. The minimum absolute atomic E-state index is 0.0588. The van der Waals surface area contributed by atoms with Crippen LogP contribution in [-0.4, -0.2) is 89.2 Å². The Kier molecular flexibility index (Phi) is 8.36. The first-order chi connectivity index (χ1) is 20.3. The number of hydrogen-bond acceptors (Lipinski definition) is 10. The zero-order chi connectivity index (χ0) is 31.4. The third-order valence-electron chi connectivity index (χ3n) is 9.99. The summed E-state index contributed by atoms with van der Waals surface area (Å²) in [4.78, 5) is 43.0. The maximum atomic E-state index is 14.0. The molecular formula is C32H44N4O7. The van der Waals surface area contributed by atoms with Crippen molar-refractivity contribution in [2.45, 2.75) is 69.6 Å². The number of amides is 1. The number of fused-ring (bicyclic) bond motifs is 3. The molecule has 11 heteroatoms. The smallest absolute Gasteiger partial charge is 0.255 e. The van der Waals surface area contributed by atoms with Gasteiger partial charge in [-0.15, -0.1) is 0 Å². The maximum Gasteiger partial charge on any atom is 0.255 e. The van der Waals surface area contributed by atoms with E-state index in [2.05, 4.69) is 5.32 Å². The number of likely N-dealkylation sites (N-methyl/N-ethyl adjacent to an activating group) is 1. The Labute approximate surface area is 252 Å². The molecule has 5 rings (SSSR count). The van der Waals surface area contributed by atoms with E-state index >= 15 is 0 Å². The van der Waals surface area contributed by atoms with Crippen LogP contribution in [0.5, 0.6) is 5.75 Å². The van der Waals surface area contributed by atoms with E-state index in [1.54, 1.807) is 20.2 Å². The monoisotopic (exact) mass is 596 g/mol. The summed E-state index contributed by atoms with van der Waals surface area (Å²) < 4.78 is 0. The standard InChI is InChI=1S/C32H44N4O7/c1-35(2)25-18(15-34-11-10-16-8-6-5-7-9-16)14-21(37)23-19(25)12-17-13-20-26(36(3)4)28(39)24(31(33)42)30(41)32(20,43)29(40)22(17)27(23)38/h14,16-17,20,26,34,37-38,41,43H,5-13,15H2,1-4H3,(H2,33,42)/t17-,20-,26-,32-/m0/s1. The van der Waals surface area contributed by atoms with Gasteiger partial charge in [-0.05, 0) is 68.9 Å². The molecule has 0 unspecified atom stereocenters. The summed E-state index contributed by atoms with van der Waals surface area (Å²) in [6.45, 7) is 1.36. The molecule has 4 atom stereocenters. The van der Waals surface area contributed by atoms with Crippen LogP contribution >= 0.6 is 0 Å². The predicted molar refractivity (Wildman–Crippen MR) is 161 cm³/mol. The van der Waals surface area contributed by atoms with Crippen molar-refractivity contribution in [1.29, 1.82) is 0 Å². The lowest BCUT2D eigenvalue weighted by Crippen LogP contribution is -2.65. The quantitative estimate of drug-likeness (QED) is 0.192. The van der Waals surface area contributed by atoms with Gasteiger partial charge < -0.3 is 36.4 Å². The van der Waals surface area contributed by atoms with E-state index in [9.17, 15) is 34.8 Å². The number of nitrogens with zero attached hydrogens (tertiary/aromatic N) is 2. The number of primary amides is 1. The molecule has 2 fully saturated rings. The van der Waals surface area contributed by atoms with Gasteiger partial charge in [0.05, 0.1) is 11.6 Å². The van der Waals surface area contributed by atoms with Crippen molar-refractivity contribution in [3.05, 3.63) is 39.7 Å². The van der Waals surface area contributed by atoms with Crippen LogP contribution in [0, 0.1) is 17.8 Å². The Morgan fingerprint density at radius 3 is 2.37 bits per heavy atom. The number of hydrogen-bond donors (Lipinski definition) is 6. The number of aliphatic hydroxyl groups is 3. The first-order valence-corrected chi connectivity index (χ1v) is 15.2. The average Bonchev–Trinajstić information content (AvgIpc) is 2.93. The highest BCUT2D eigenvalue weighted by atomic mass is 16.3. The number of aliphatic hydroxyl groups excluding tert-OH is 2. The molecule has 4 aliphatic carbocycles. The first-order valence-electron chi connectivity index (χ1n) is 15.2. The van der Waals surface area contributed by atoms with Crippen molar-refractivity contribution in [3.63, 3.8) is 0 Å². The Balaban J connectivity index is 1.54. The number of phenols is 1. The third kappa shape index (κ3) is 5.01. The molecule has 0 heterocycles. The summed E-state index contributed by atoms with van der Waals surface area (Å²) in [6.07, 6.45) is 7.85. The Hall–Kier alpha value is -3.41. The number of carbonyl (C=O) groups excluding carboxylic acids is 3. The SMILES string of the molecule is CN(C)c1c(CNCCC2CCCCC2)cc(O)c2c1C[C@H]1C[C@H]3[C@H](N(C)C)C(=O)C(C(N)=O)=C(O)[C@@]3(O)C(=O)C1=C2O. The Morgan fingerprint density at radius 1 is 1.09 bits per heavy atom. The summed E-state index contributed by atoms with van der Waals surface area (Å²) in [6, 6.07) is 0.479. The van der Waals surface area contributed by atoms with Gasteiger partial charge in [0.15, 0.2) is 11.4 Å². The number of nitrogens with one attached hydrogen (secondary N) is 1. The van der Waals surface area contributed by atoms with E-state index in [1.807, 2.05) is 19.0 Å². The molecule has 11 nitrogen and oxygen atoms in total. The van der Waals surface area contributed by atoms with Crippen LogP contribution in [0.15, 0.2) is 23.0 Å². The highest BCUT2D eigenvalue weighted by Crippen LogP contribution is 2.54. The minimum Gasteiger partial charge on any atom is -0.508 e. The van der Waals surface area contributed by atoms with Crippen molar-refractivity contribution in [2.24, 2.45) is 23.5 Å². The molecule has 0 aromatic heterocycles. The number of phenolic OH excluding ortho intramolecular Hbond substituents is 1. The molecule has 0 aliphatic heterocycles. The molecule has 234 valence electrons. The maximum absolute atomic E-state index is 14.0. The molecule has 2 saturated carbocycles. The Bertz CT molecular complexity index is 1410. The normalized spacial score (nSPS) is 27.7. The van der Waals surface area contributed by atoms with Crippen molar-refractivity contribution in [2.75, 3.05) is 39.6 Å². The van der Waals surface area contributed by atoms with E-state index in [0.29, 0.717) is 12.1 Å². The fourth-order valence-electron chi connectivity index (χ4n) is 8.06. The molecule has 43 heavy (non-hydrogen) atoms. The third-order valence-corrected chi connectivity index (χ3v) is 9.99. The number of benzene rings is 1. The molecule has 1 amide bonds. The first kappa shape index (κ1) is 31.0. The highest BCUT2D eigenvalue weighted by Gasteiger charge is 2.64. The molecule has 1 aromatic rings. The van der Waals surface area contributed by atoms with Gasteiger partial charge in [-0.2, -0.15) is 0 Å². The van der Waals surface area contributed by atoms with E-state index in [4.69, 9.17) is 5.73 Å². The fraction of sp³-hybridized carbons (Fsp3) is 0.594. The van der Waals surface area contributed by atoms with Crippen LogP contribution in [0.4, 0.5) is 5.69 Å². The van der Waals surface area contributed by atoms with Gasteiger partial charge in [-0.1, -0.05) is 32.1 Å². The minimum atomic E-state index is -2.65. The molecule has 1 aromatic carbocycles. The number of Topliss-reactive ketones (excluding diaryl/α,β-unsaturated/α-hetero) is 2. The van der Waals surface area contributed by atoms with Gasteiger partial charge in [-0.3, -0.25) is 19.3 Å². The van der Waals surface area contributed by atoms with E-state index in [-0.39, 0.29) is 29.7 Å². The summed E-state index contributed by atoms with van der Waals surface area (Å²) in [7, 11) is 6.94. The van der Waals surface area contributed by atoms with Crippen molar-refractivity contribution in [1.82, 2.24) is 10.2 Å². The largest absolute Gasteiger partial charge is 0.508 e. The molecule has 0 spiro atoms. The molecule has 0 bridgehead atoms. The molecule has 4 aliphatic rings. The second kappa shape index (κ2) is 11.6. The summed E-state index contributed by atoms with van der Waals surface area (Å²) in [5.41, 5.74) is 4.22. The topological polar surface area (TPSA) is 177 Å². The van der Waals surface area contributed by atoms with Crippen LogP contribution < -0.4 is 16.0 Å². The number of aromatic hydroxyl groups is 1. The van der Waals surface area contributed by atoms with Crippen LogP contribution in [0.2, 0.25) is 0 Å². The lowest BCUT2D eigenvalue weighted by Gasteiger charge is -2.50. The van der Waals surface area contributed by atoms with Crippen LogP contribution in [0.3, 0.4) is 0 Å². The van der Waals surface area contributed by atoms with Gasteiger partial charge >= 0.3 is 0 Å².